The maximum absolute atomic E-state index is 13.6. The van der Waals surface area contributed by atoms with Crippen molar-refractivity contribution >= 4 is 16.8 Å². The lowest BCUT2D eigenvalue weighted by Gasteiger charge is -2.46. The number of pyridine rings is 1. The molecule has 3 saturated carbocycles. The molecule has 32 heavy (non-hydrogen) atoms. The van der Waals surface area contributed by atoms with E-state index < -0.39 is 0 Å². The fraction of sp³-hybridized carbons (Fsp3) is 0.643. The first-order valence-electron chi connectivity index (χ1n) is 12.9. The fourth-order valence-electron chi connectivity index (χ4n) is 7.09. The second-order valence-electron chi connectivity index (χ2n) is 11.2. The molecule has 0 spiro atoms. The predicted molar refractivity (Wildman–Crippen MR) is 130 cm³/mol. The first-order valence-corrected chi connectivity index (χ1v) is 12.9. The molecule has 3 fully saturated rings. The molecule has 5 rings (SSSR count). The third kappa shape index (κ3) is 3.70. The molecule has 1 aromatic carbocycles. The number of carbonyl (C=O) groups excluding carboxylic acids is 1. The van der Waals surface area contributed by atoms with Crippen LogP contribution >= 0.6 is 0 Å². The Labute approximate surface area is 191 Å². The molecular formula is C28H38N2O2. The Morgan fingerprint density at radius 1 is 1.16 bits per heavy atom. The minimum atomic E-state index is -0.149. The molecule has 1 N–H and O–H groups in total. The third-order valence-electron chi connectivity index (χ3n) is 8.68. The summed E-state index contributed by atoms with van der Waals surface area (Å²) in [5.74, 6) is 2.30. The molecule has 0 radical (unpaired) electrons. The molecule has 3 bridgehead atoms. The Bertz CT molecular complexity index is 1080. The number of carbonyl (C=O) groups is 1. The molecule has 172 valence electrons. The SMILES string of the molecule is CCCCCn1cc(C(=O)NC23CC4CCC2CC(C4)C3)c(=O)c2cc(C(C)C)ccc21. The molecule has 1 heterocycles. The van der Waals surface area contributed by atoms with E-state index in [0.717, 1.165) is 61.6 Å². The maximum atomic E-state index is 13.6. The van der Waals surface area contributed by atoms with Crippen molar-refractivity contribution in [1.29, 1.82) is 0 Å². The van der Waals surface area contributed by atoms with Crippen LogP contribution in [0.25, 0.3) is 10.9 Å². The van der Waals surface area contributed by atoms with Gasteiger partial charge in [0.05, 0.1) is 5.52 Å². The normalized spacial score (nSPS) is 28.6. The average Bonchev–Trinajstić information content (AvgIpc) is 2.90. The zero-order valence-electron chi connectivity index (χ0n) is 20.0. The zero-order chi connectivity index (χ0) is 22.5. The van der Waals surface area contributed by atoms with Gasteiger partial charge in [-0.25, -0.2) is 0 Å². The van der Waals surface area contributed by atoms with E-state index >= 15 is 0 Å². The second kappa shape index (κ2) is 8.35. The summed E-state index contributed by atoms with van der Waals surface area (Å²) in [7, 11) is 0. The van der Waals surface area contributed by atoms with Gasteiger partial charge in [-0.3, -0.25) is 9.59 Å². The molecule has 1 aromatic heterocycles. The van der Waals surface area contributed by atoms with Crippen molar-refractivity contribution in [3.05, 3.63) is 45.7 Å². The summed E-state index contributed by atoms with van der Waals surface area (Å²) in [6.45, 7) is 7.32. The molecule has 1 amide bonds. The van der Waals surface area contributed by atoms with Crippen LogP contribution in [0.3, 0.4) is 0 Å². The first-order chi connectivity index (χ1) is 15.4. The number of amides is 1. The minimum absolute atomic E-state index is 0.0723. The van der Waals surface area contributed by atoms with Gasteiger partial charge in [0.15, 0.2) is 0 Å². The quantitative estimate of drug-likeness (QED) is 0.542. The monoisotopic (exact) mass is 434 g/mol. The highest BCUT2D eigenvalue weighted by Crippen LogP contribution is 2.57. The van der Waals surface area contributed by atoms with Gasteiger partial charge < -0.3 is 9.88 Å². The largest absolute Gasteiger partial charge is 0.346 e. The van der Waals surface area contributed by atoms with Crippen LogP contribution in [-0.2, 0) is 6.54 Å². The van der Waals surface area contributed by atoms with Crippen molar-refractivity contribution in [3.8, 4) is 0 Å². The van der Waals surface area contributed by atoms with E-state index in [1.165, 1.54) is 25.7 Å². The van der Waals surface area contributed by atoms with Crippen LogP contribution in [0.2, 0.25) is 0 Å². The van der Waals surface area contributed by atoms with Gasteiger partial charge in [-0.1, -0.05) is 39.7 Å². The lowest BCUT2D eigenvalue weighted by Crippen LogP contribution is -2.56. The summed E-state index contributed by atoms with van der Waals surface area (Å²) in [6, 6.07) is 6.21. The lowest BCUT2D eigenvalue weighted by atomic mass is 9.67. The van der Waals surface area contributed by atoms with Gasteiger partial charge >= 0.3 is 0 Å². The Morgan fingerprint density at radius 2 is 1.97 bits per heavy atom. The number of aryl methyl sites for hydroxylation is 1. The number of hydrogen-bond acceptors (Lipinski definition) is 2. The van der Waals surface area contributed by atoms with Gasteiger partial charge in [0.2, 0.25) is 5.43 Å². The smallest absolute Gasteiger partial charge is 0.257 e. The van der Waals surface area contributed by atoms with E-state index in [2.05, 4.69) is 42.8 Å². The van der Waals surface area contributed by atoms with Gasteiger partial charge in [0, 0.05) is 23.7 Å². The minimum Gasteiger partial charge on any atom is -0.346 e. The fourth-order valence-corrected chi connectivity index (χ4v) is 7.09. The van der Waals surface area contributed by atoms with E-state index in [1.807, 2.05) is 12.3 Å². The van der Waals surface area contributed by atoms with E-state index in [9.17, 15) is 9.59 Å². The van der Waals surface area contributed by atoms with Crippen molar-refractivity contribution < 1.29 is 4.79 Å². The summed E-state index contributed by atoms with van der Waals surface area (Å²) < 4.78 is 2.15. The number of nitrogens with one attached hydrogen (secondary N) is 1. The Balaban J connectivity index is 1.53. The van der Waals surface area contributed by atoms with Gasteiger partial charge in [0.25, 0.3) is 5.91 Å². The molecule has 2 aromatic rings. The van der Waals surface area contributed by atoms with Crippen molar-refractivity contribution in [3.63, 3.8) is 0 Å². The van der Waals surface area contributed by atoms with Crippen LogP contribution in [0.1, 0.15) is 100 Å². The van der Waals surface area contributed by atoms with Gasteiger partial charge in [-0.05, 0) is 86.3 Å². The summed E-state index contributed by atoms with van der Waals surface area (Å²) in [5, 5.41) is 4.14. The number of nitrogens with zero attached hydrogens (tertiary/aromatic N) is 1. The Morgan fingerprint density at radius 3 is 2.75 bits per heavy atom. The summed E-state index contributed by atoms with van der Waals surface area (Å²) in [6.07, 6.45) is 12.5. The lowest BCUT2D eigenvalue weighted by molar-refractivity contribution is 0.0701. The summed E-state index contributed by atoms with van der Waals surface area (Å²) >= 11 is 0. The molecule has 0 saturated heterocycles. The molecule has 3 aliphatic carbocycles. The van der Waals surface area contributed by atoms with Crippen LogP contribution in [-0.4, -0.2) is 16.0 Å². The standard InChI is InChI=1S/C28H38N2O2/c1-4-5-6-11-30-17-24(26(31)23-14-21(18(2)3)8-10-25(23)30)27(32)29-28-15-19-7-9-22(28)13-20(12-19)16-28/h8,10,14,17-20,22H,4-7,9,11-13,15-16H2,1-3H3,(H,29,32). The highest BCUT2D eigenvalue weighted by molar-refractivity contribution is 5.98. The van der Waals surface area contributed by atoms with Crippen LogP contribution < -0.4 is 10.7 Å². The number of rotatable bonds is 7. The average molecular weight is 435 g/mol. The second-order valence-corrected chi connectivity index (χ2v) is 11.2. The summed E-state index contributed by atoms with van der Waals surface area (Å²) in [4.78, 5) is 27.2. The molecule has 3 aliphatic rings. The van der Waals surface area contributed by atoms with E-state index in [4.69, 9.17) is 0 Å². The molecule has 4 nitrogen and oxygen atoms in total. The van der Waals surface area contributed by atoms with E-state index in [0.29, 0.717) is 22.8 Å². The predicted octanol–water partition coefficient (Wildman–Crippen LogP) is 6.01. The van der Waals surface area contributed by atoms with Crippen LogP contribution in [0, 0.1) is 17.8 Å². The Kier molecular flexibility index (Phi) is 5.67. The van der Waals surface area contributed by atoms with Crippen molar-refractivity contribution in [2.75, 3.05) is 0 Å². The van der Waals surface area contributed by atoms with Crippen LogP contribution in [0.15, 0.2) is 29.2 Å². The van der Waals surface area contributed by atoms with Crippen molar-refractivity contribution in [2.24, 2.45) is 17.8 Å². The van der Waals surface area contributed by atoms with E-state index in [1.54, 1.807) is 0 Å². The van der Waals surface area contributed by atoms with Crippen molar-refractivity contribution in [2.45, 2.75) is 96.6 Å². The molecule has 4 heteroatoms. The van der Waals surface area contributed by atoms with Gasteiger partial charge in [0.1, 0.15) is 5.56 Å². The molecule has 4 atom stereocenters. The maximum Gasteiger partial charge on any atom is 0.257 e. The molecule has 4 unspecified atom stereocenters. The first kappa shape index (κ1) is 21.7. The molecule has 0 aliphatic heterocycles. The number of unbranched alkanes of at least 4 members (excludes halogenated alkanes) is 2. The Hall–Kier alpha value is -2.10. The zero-order valence-corrected chi connectivity index (χ0v) is 20.0. The van der Waals surface area contributed by atoms with Gasteiger partial charge in [-0.2, -0.15) is 0 Å². The number of benzene rings is 1. The third-order valence-corrected chi connectivity index (χ3v) is 8.68. The highest BCUT2D eigenvalue weighted by atomic mass is 16.2. The summed E-state index contributed by atoms with van der Waals surface area (Å²) in [5.41, 5.74) is 2.24. The highest BCUT2D eigenvalue weighted by Gasteiger charge is 2.55. The van der Waals surface area contributed by atoms with Gasteiger partial charge in [-0.15, -0.1) is 0 Å². The van der Waals surface area contributed by atoms with Crippen molar-refractivity contribution in [1.82, 2.24) is 9.88 Å². The number of fused-ring (bicyclic) bond motifs is 3. The number of aromatic nitrogens is 1. The van der Waals surface area contributed by atoms with E-state index in [-0.39, 0.29) is 16.9 Å². The topological polar surface area (TPSA) is 51.1 Å². The number of hydrogen-bond donors (Lipinski definition) is 1. The molecular weight excluding hydrogens is 396 g/mol. The van der Waals surface area contributed by atoms with Crippen LogP contribution in [0.5, 0.6) is 0 Å². The van der Waals surface area contributed by atoms with Crippen LogP contribution in [0.4, 0.5) is 0 Å².